The van der Waals surface area contributed by atoms with Crippen molar-refractivity contribution in [3.05, 3.63) is 66.9 Å². The van der Waals surface area contributed by atoms with E-state index in [9.17, 15) is 0 Å². The molecule has 0 atom stereocenters. The van der Waals surface area contributed by atoms with Gasteiger partial charge in [-0.2, -0.15) is 4.80 Å². The number of aromatic nitrogens is 3. The maximum Gasteiger partial charge on any atom is 0.564 e. The minimum atomic E-state index is -0.558. The molecule has 3 aromatic carbocycles. The molecule has 0 saturated carbocycles. The van der Waals surface area contributed by atoms with Gasteiger partial charge in [0.05, 0.1) is 22.6 Å². The number of hydrogen-bond donors (Lipinski definition) is 0. The molecule has 2 aliphatic rings. The van der Waals surface area contributed by atoms with Crippen molar-refractivity contribution in [2.45, 2.75) is 58.3 Å². The van der Waals surface area contributed by atoms with E-state index in [1.807, 2.05) is 56.3 Å². The maximum atomic E-state index is 6.19. The summed E-state index contributed by atoms with van der Waals surface area (Å²) < 4.78 is 24.6. The van der Waals surface area contributed by atoms with Crippen LogP contribution in [0.25, 0.3) is 27.5 Å². The monoisotopic (exact) mass is 481 g/mol. The normalized spacial score (nSPS) is 20.4. The second kappa shape index (κ2) is 7.68. The van der Waals surface area contributed by atoms with E-state index < -0.39 is 19.8 Å². The molecule has 3 heterocycles. The lowest BCUT2D eigenvalue weighted by Crippen LogP contribution is -2.41. The van der Waals surface area contributed by atoms with Gasteiger partial charge in [0.1, 0.15) is 16.6 Å². The Bertz CT molecular complexity index is 1500. The van der Waals surface area contributed by atoms with Crippen molar-refractivity contribution in [2.24, 2.45) is 0 Å². The molecule has 0 bridgehead atoms. The highest BCUT2D eigenvalue weighted by Gasteiger charge is 2.51. The van der Waals surface area contributed by atoms with Crippen molar-refractivity contribution in [1.82, 2.24) is 15.0 Å². The lowest BCUT2D eigenvalue weighted by Gasteiger charge is -2.32. The predicted octanol–water partition coefficient (Wildman–Crippen LogP) is 3.91. The number of rotatable bonds is 3. The van der Waals surface area contributed by atoms with E-state index in [1.165, 1.54) is 0 Å². The summed E-state index contributed by atoms with van der Waals surface area (Å²) in [5, 5.41) is 11.7. The molecule has 0 aliphatic carbocycles. The van der Waals surface area contributed by atoms with Gasteiger partial charge in [-0.05, 0) is 70.6 Å². The summed E-state index contributed by atoms with van der Waals surface area (Å²) in [7, 11) is -0.961. The van der Waals surface area contributed by atoms with Gasteiger partial charge in [0.25, 0.3) is 0 Å². The third-order valence-electron chi connectivity index (χ3n) is 7.65. The quantitative estimate of drug-likeness (QED) is 0.414. The molecule has 9 heteroatoms. The first kappa shape index (κ1) is 23.3. The Hall–Kier alpha value is -3.13. The van der Waals surface area contributed by atoms with Gasteiger partial charge in [0.15, 0.2) is 0 Å². The molecule has 0 N–H and O–H groups in total. The zero-order valence-corrected chi connectivity index (χ0v) is 21.5. The molecule has 7 nitrogen and oxygen atoms in total. The Labute approximate surface area is 211 Å². The average molecular weight is 481 g/mol. The van der Waals surface area contributed by atoms with Gasteiger partial charge in [-0.1, -0.05) is 43.0 Å². The fourth-order valence-electron chi connectivity index (χ4n) is 4.58. The first-order valence-electron chi connectivity index (χ1n) is 12.2. The van der Waals surface area contributed by atoms with Crippen LogP contribution in [0.1, 0.15) is 41.5 Å². The summed E-state index contributed by atoms with van der Waals surface area (Å²) >= 11 is 0. The van der Waals surface area contributed by atoms with Gasteiger partial charge in [-0.3, -0.25) is 0 Å². The van der Waals surface area contributed by atoms with Gasteiger partial charge < -0.3 is 18.6 Å². The van der Waals surface area contributed by atoms with Crippen LogP contribution in [0.5, 0.6) is 0 Å². The molecule has 0 spiro atoms. The van der Waals surface area contributed by atoms with Gasteiger partial charge in [0, 0.05) is 10.8 Å². The van der Waals surface area contributed by atoms with Crippen molar-refractivity contribution in [3.63, 3.8) is 0 Å². The van der Waals surface area contributed by atoms with E-state index in [0.717, 1.165) is 38.4 Å². The first-order valence-corrected chi connectivity index (χ1v) is 12.2. The van der Waals surface area contributed by atoms with Crippen LogP contribution in [0.15, 0.2) is 66.9 Å². The molecule has 2 aliphatic heterocycles. The van der Waals surface area contributed by atoms with E-state index in [-0.39, 0.29) is 11.2 Å². The highest BCUT2D eigenvalue weighted by molar-refractivity contribution is 6.66. The van der Waals surface area contributed by atoms with E-state index in [0.29, 0.717) is 5.76 Å². The summed E-state index contributed by atoms with van der Waals surface area (Å²) in [4.78, 5) is 1.66. The number of nitrogens with zero attached hydrogens (tertiary/aromatic N) is 3. The second-order valence-corrected chi connectivity index (χ2v) is 11.0. The molecule has 1 aromatic heterocycles. The summed E-state index contributed by atoms with van der Waals surface area (Å²) in [6.07, 6.45) is 0. The van der Waals surface area contributed by atoms with E-state index in [1.54, 1.807) is 4.80 Å². The van der Waals surface area contributed by atoms with Crippen LogP contribution in [-0.4, -0.2) is 46.0 Å². The summed E-state index contributed by atoms with van der Waals surface area (Å²) in [5.74, 6) is 0.613. The zero-order chi connectivity index (χ0) is 25.5. The van der Waals surface area contributed by atoms with Gasteiger partial charge in [-0.15, -0.1) is 10.2 Å². The van der Waals surface area contributed by atoms with Gasteiger partial charge >= 0.3 is 14.2 Å². The summed E-state index contributed by atoms with van der Waals surface area (Å²) in [6, 6.07) is 18.1. The smallest absolute Gasteiger partial charge is 0.534 e. The molecule has 2 saturated heterocycles. The van der Waals surface area contributed by atoms with Gasteiger partial charge in [-0.25, -0.2) is 0 Å². The molecule has 0 amide bonds. The molecular weight excluding hydrogens is 452 g/mol. The van der Waals surface area contributed by atoms with Crippen molar-refractivity contribution < 1.29 is 18.6 Å². The van der Waals surface area contributed by atoms with Gasteiger partial charge in [0.2, 0.25) is 0 Å². The fraction of sp³-hybridized carbons (Fsp3) is 0.333. The summed E-state index contributed by atoms with van der Waals surface area (Å²) in [5.41, 5.74) is 2.97. The Morgan fingerprint density at radius 1 is 0.778 bits per heavy atom. The van der Waals surface area contributed by atoms with Crippen LogP contribution in [0.2, 0.25) is 0 Å². The van der Waals surface area contributed by atoms with Crippen molar-refractivity contribution >= 4 is 47.0 Å². The van der Waals surface area contributed by atoms with E-state index >= 15 is 0 Å². The lowest BCUT2D eigenvalue weighted by molar-refractivity contribution is 0.00578. The largest absolute Gasteiger partial charge is 0.564 e. The lowest BCUT2D eigenvalue weighted by atomic mass is 9.76. The molecule has 36 heavy (non-hydrogen) atoms. The number of hydrogen-bond acceptors (Lipinski definition) is 6. The molecule has 182 valence electrons. The van der Waals surface area contributed by atoms with Crippen LogP contribution in [0.3, 0.4) is 0 Å². The number of fused-ring (bicyclic) bond motifs is 3. The molecule has 6 rings (SSSR count). The average Bonchev–Trinajstić information content (AvgIpc) is 3.44. The standard InChI is InChI=1S/C27H29B2N3O4/c1-17-25(2,3)34-29(33-17)22-16-23-24(21-11-9-8-10-20(21)22)31-32(30-23)19-14-12-18(13-15-19)28-35-26(4,5)27(6,7)36-28/h8-16H,1H2,2-7H3. The molecule has 0 unspecified atom stereocenters. The highest BCUT2D eigenvalue weighted by Crippen LogP contribution is 2.36. The minimum absolute atomic E-state index is 0.384. The summed E-state index contributed by atoms with van der Waals surface area (Å²) in [6.45, 7) is 16.2. The first-order chi connectivity index (χ1) is 17.0. The third kappa shape index (κ3) is 3.57. The van der Waals surface area contributed by atoms with Crippen LogP contribution in [0, 0.1) is 0 Å². The molecular formula is C27H29B2N3O4. The Balaban J connectivity index is 1.37. The Morgan fingerprint density at radius 3 is 2.03 bits per heavy atom. The van der Waals surface area contributed by atoms with Crippen molar-refractivity contribution in [3.8, 4) is 5.69 Å². The third-order valence-corrected chi connectivity index (χ3v) is 7.65. The minimum Gasteiger partial charge on any atom is -0.534 e. The highest BCUT2D eigenvalue weighted by atomic mass is 16.7. The van der Waals surface area contributed by atoms with Crippen LogP contribution in [0.4, 0.5) is 0 Å². The van der Waals surface area contributed by atoms with Crippen LogP contribution in [-0.2, 0) is 18.6 Å². The van der Waals surface area contributed by atoms with Crippen molar-refractivity contribution in [1.29, 1.82) is 0 Å². The molecule has 2 fully saturated rings. The number of benzene rings is 3. The fourth-order valence-corrected chi connectivity index (χ4v) is 4.58. The molecule has 0 radical (unpaired) electrons. The maximum absolute atomic E-state index is 6.19. The SMILES string of the molecule is C=C1OB(c2cc3nn(-c4ccc(B5OC(C)(C)C(C)(C)O5)cc4)nc3c3ccccc23)OC1(C)C. The van der Waals surface area contributed by atoms with Crippen LogP contribution < -0.4 is 10.9 Å². The zero-order valence-electron chi connectivity index (χ0n) is 21.5. The Morgan fingerprint density at radius 2 is 1.42 bits per heavy atom. The predicted molar refractivity (Wildman–Crippen MR) is 143 cm³/mol. The van der Waals surface area contributed by atoms with Crippen LogP contribution >= 0.6 is 0 Å². The Kier molecular flexibility index (Phi) is 4.97. The topological polar surface area (TPSA) is 67.6 Å². The molecule has 4 aromatic rings. The second-order valence-electron chi connectivity index (χ2n) is 11.0. The van der Waals surface area contributed by atoms with E-state index in [2.05, 4.69) is 46.4 Å². The van der Waals surface area contributed by atoms with E-state index in [4.69, 9.17) is 28.8 Å². The van der Waals surface area contributed by atoms with Crippen molar-refractivity contribution in [2.75, 3.05) is 0 Å².